The second kappa shape index (κ2) is 5.80. The van der Waals surface area contributed by atoms with E-state index in [1.807, 2.05) is 12.1 Å². The SMILES string of the molecule is CCCNCc1ccc(NC(C)(C)C)nn1. The van der Waals surface area contributed by atoms with Crippen LogP contribution in [0.4, 0.5) is 5.82 Å². The molecule has 2 N–H and O–H groups in total. The minimum absolute atomic E-state index is 0.0245. The Bertz CT molecular complexity index is 300. The van der Waals surface area contributed by atoms with Crippen LogP contribution in [-0.2, 0) is 6.54 Å². The summed E-state index contributed by atoms with van der Waals surface area (Å²) in [6.45, 7) is 10.3. The van der Waals surface area contributed by atoms with Crippen LogP contribution in [0.15, 0.2) is 12.1 Å². The van der Waals surface area contributed by atoms with Crippen molar-refractivity contribution in [2.75, 3.05) is 11.9 Å². The first-order chi connectivity index (χ1) is 7.51. The number of aromatic nitrogens is 2. The third kappa shape index (κ3) is 5.07. The van der Waals surface area contributed by atoms with Gasteiger partial charge in [-0.2, -0.15) is 5.10 Å². The van der Waals surface area contributed by atoms with E-state index in [1.54, 1.807) is 0 Å². The van der Waals surface area contributed by atoms with Crippen LogP contribution in [0.3, 0.4) is 0 Å². The maximum atomic E-state index is 4.16. The van der Waals surface area contributed by atoms with Crippen molar-refractivity contribution in [3.05, 3.63) is 17.8 Å². The first-order valence-corrected chi connectivity index (χ1v) is 5.83. The summed E-state index contributed by atoms with van der Waals surface area (Å²) < 4.78 is 0. The lowest BCUT2D eigenvalue weighted by molar-refractivity contribution is 0.624. The van der Waals surface area contributed by atoms with Gasteiger partial charge in [0.15, 0.2) is 0 Å². The molecule has 0 unspecified atom stereocenters. The van der Waals surface area contributed by atoms with Crippen LogP contribution in [0, 0.1) is 0 Å². The van der Waals surface area contributed by atoms with Crippen LogP contribution in [0.5, 0.6) is 0 Å². The Hall–Kier alpha value is -1.16. The minimum atomic E-state index is 0.0245. The summed E-state index contributed by atoms with van der Waals surface area (Å²) >= 11 is 0. The molecule has 0 amide bonds. The maximum absolute atomic E-state index is 4.16. The average Bonchev–Trinajstić information content (AvgIpc) is 2.19. The summed E-state index contributed by atoms with van der Waals surface area (Å²) in [6, 6.07) is 3.98. The summed E-state index contributed by atoms with van der Waals surface area (Å²) in [5, 5.41) is 14.9. The van der Waals surface area contributed by atoms with Gasteiger partial charge in [-0.05, 0) is 45.9 Å². The molecule has 1 rings (SSSR count). The molecule has 4 heteroatoms. The Balaban J connectivity index is 2.48. The zero-order valence-electron chi connectivity index (χ0n) is 10.7. The van der Waals surface area contributed by atoms with E-state index in [0.717, 1.165) is 31.0 Å². The summed E-state index contributed by atoms with van der Waals surface area (Å²) in [6.07, 6.45) is 1.14. The van der Waals surface area contributed by atoms with Crippen LogP contribution in [-0.4, -0.2) is 22.3 Å². The Morgan fingerprint density at radius 2 is 1.94 bits per heavy atom. The monoisotopic (exact) mass is 222 g/mol. The molecule has 0 saturated carbocycles. The van der Waals surface area contributed by atoms with E-state index < -0.39 is 0 Å². The van der Waals surface area contributed by atoms with Gasteiger partial charge in [0, 0.05) is 12.1 Å². The smallest absolute Gasteiger partial charge is 0.149 e. The lowest BCUT2D eigenvalue weighted by Crippen LogP contribution is -2.27. The van der Waals surface area contributed by atoms with Gasteiger partial charge >= 0.3 is 0 Å². The van der Waals surface area contributed by atoms with Crippen molar-refractivity contribution in [3.63, 3.8) is 0 Å². The predicted molar refractivity (Wildman–Crippen MR) is 67.4 cm³/mol. The van der Waals surface area contributed by atoms with E-state index in [9.17, 15) is 0 Å². The third-order valence-corrected chi connectivity index (χ3v) is 1.96. The third-order valence-electron chi connectivity index (χ3n) is 1.96. The Labute approximate surface area is 97.9 Å². The lowest BCUT2D eigenvalue weighted by atomic mass is 10.1. The molecule has 0 bridgehead atoms. The van der Waals surface area contributed by atoms with Crippen LogP contribution < -0.4 is 10.6 Å². The molecule has 4 nitrogen and oxygen atoms in total. The van der Waals surface area contributed by atoms with Crippen molar-refractivity contribution in [2.24, 2.45) is 0 Å². The second-order valence-electron chi connectivity index (χ2n) is 4.96. The van der Waals surface area contributed by atoms with Crippen molar-refractivity contribution < 1.29 is 0 Å². The number of hydrogen-bond donors (Lipinski definition) is 2. The average molecular weight is 222 g/mol. The molecule has 0 spiro atoms. The van der Waals surface area contributed by atoms with E-state index in [4.69, 9.17) is 0 Å². The fourth-order valence-electron chi connectivity index (χ4n) is 1.30. The van der Waals surface area contributed by atoms with Crippen molar-refractivity contribution in [3.8, 4) is 0 Å². The zero-order chi connectivity index (χ0) is 12.0. The highest BCUT2D eigenvalue weighted by Crippen LogP contribution is 2.10. The topological polar surface area (TPSA) is 49.8 Å². The second-order valence-corrected chi connectivity index (χ2v) is 4.96. The van der Waals surface area contributed by atoms with Gasteiger partial charge in [-0.1, -0.05) is 6.92 Å². The Morgan fingerprint density at radius 3 is 2.44 bits per heavy atom. The Kier molecular flexibility index (Phi) is 4.68. The van der Waals surface area contributed by atoms with Crippen molar-refractivity contribution in [1.82, 2.24) is 15.5 Å². The number of nitrogens with zero attached hydrogens (tertiary/aromatic N) is 2. The van der Waals surface area contributed by atoms with Crippen LogP contribution >= 0.6 is 0 Å². The van der Waals surface area contributed by atoms with E-state index in [-0.39, 0.29) is 5.54 Å². The summed E-state index contributed by atoms with van der Waals surface area (Å²) in [5.41, 5.74) is 1.00. The molecule has 0 saturated heterocycles. The highest BCUT2D eigenvalue weighted by Gasteiger charge is 2.09. The molecule has 0 atom stereocenters. The highest BCUT2D eigenvalue weighted by molar-refractivity contribution is 5.35. The molecule has 0 aliphatic rings. The Morgan fingerprint density at radius 1 is 1.19 bits per heavy atom. The number of rotatable bonds is 5. The van der Waals surface area contributed by atoms with Crippen LogP contribution in [0.25, 0.3) is 0 Å². The molecule has 16 heavy (non-hydrogen) atoms. The van der Waals surface area contributed by atoms with Gasteiger partial charge in [0.25, 0.3) is 0 Å². The van der Waals surface area contributed by atoms with Crippen molar-refractivity contribution >= 4 is 5.82 Å². The fraction of sp³-hybridized carbons (Fsp3) is 0.667. The highest BCUT2D eigenvalue weighted by atomic mass is 15.2. The van der Waals surface area contributed by atoms with Crippen LogP contribution in [0.2, 0.25) is 0 Å². The molecule has 0 aliphatic carbocycles. The van der Waals surface area contributed by atoms with Crippen LogP contribution in [0.1, 0.15) is 39.8 Å². The first-order valence-electron chi connectivity index (χ1n) is 5.83. The standard InChI is InChI=1S/C12H22N4/c1-5-8-13-9-10-6-7-11(16-15-10)14-12(2,3)4/h6-7,13H,5,8-9H2,1-4H3,(H,14,16). The quantitative estimate of drug-likeness (QED) is 0.750. The number of anilines is 1. The molecule has 0 aromatic carbocycles. The molecular formula is C12H22N4. The molecule has 1 aromatic heterocycles. The van der Waals surface area contributed by atoms with Gasteiger partial charge in [0.05, 0.1) is 5.69 Å². The maximum Gasteiger partial charge on any atom is 0.149 e. The van der Waals surface area contributed by atoms with Gasteiger partial charge in [0.1, 0.15) is 5.82 Å². The summed E-state index contributed by atoms with van der Waals surface area (Å²) in [5.74, 6) is 0.826. The number of hydrogen-bond acceptors (Lipinski definition) is 4. The van der Waals surface area contributed by atoms with Gasteiger partial charge in [-0.3, -0.25) is 0 Å². The van der Waals surface area contributed by atoms with E-state index in [1.165, 1.54) is 0 Å². The van der Waals surface area contributed by atoms with Crippen molar-refractivity contribution in [1.29, 1.82) is 0 Å². The van der Waals surface area contributed by atoms with Crippen molar-refractivity contribution in [2.45, 2.75) is 46.2 Å². The zero-order valence-corrected chi connectivity index (χ0v) is 10.7. The molecule has 0 fully saturated rings. The summed E-state index contributed by atoms with van der Waals surface area (Å²) in [4.78, 5) is 0. The lowest BCUT2D eigenvalue weighted by Gasteiger charge is -2.20. The van der Waals surface area contributed by atoms with E-state index in [2.05, 4.69) is 48.5 Å². The molecule has 0 radical (unpaired) electrons. The first kappa shape index (κ1) is 12.9. The molecule has 1 aromatic rings. The summed E-state index contributed by atoms with van der Waals surface area (Å²) in [7, 11) is 0. The minimum Gasteiger partial charge on any atom is -0.364 e. The molecule has 90 valence electrons. The van der Waals surface area contributed by atoms with Gasteiger partial charge < -0.3 is 10.6 Å². The normalized spacial score (nSPS) is 11.5. The predicted octanol–water partition coefficient (Wildman–Crippen LogP) is 2.19. The molecule has 1 heterocycles. The fourth-order valence-corrected chi connectivity index (χ4v) is 1.30. The van der Waals surface area contributed by atoms with Gasteiger partial charge in [-0.25, -0.2) is 0 Å². The number of nitrogens with one attached hydrogen (secondary N) is 2. The molecule has 0 aliphatic heterocycles. The van der Waals surface area contributed by atoms with Gasteiger partial charge in [0.2, 0.25) is 0 Å². The molecular weight excluding hydrogens is 200 g/mol. The van der Waals surface area contributed by atoms with Gasteiger partial charge in [-0.15, -0.1) is 5.10 Å². The largest absolute Gasteiger partial charge is 0.364 e. The van der Waals surface area contributed by atoms with E-state index >= 15 is 0 Å². The van der Waals surface area contributed by atoms with E-state index in [0.29, 0.717) is 0 Å².